The Balaban J connectivity index is 1.91. The minimum absolute atomic E-state index is 0.193. The first kappa shape index (κ1) is 12.2. The molecular weight excluding hydrogens is 220 g/mol. The molecule has 1 aromatic rings. The van der Waals surface area contributed by atoms with E-state index >= 15 is 0 Å². The van der Waals surface area contributed by atoms with E-state index in [9.17, 15) is 0 Å². The Hall–Kier alpha value is -0.860. The molecule has 0 aromatic heterocycles. The largest absolute Gasteiger partial charge is 0.323 e. The Labute approximate surface area is 110 Å². The molecule has 0 radical (unpaired) electrons. The van der Waals surface area contributed by atoms with Crippen LogP contribution in [0, 0.1) is 0 Å². The predicted octanol–water partition coefficient (Wildman–Crippen LogP) is 3.05. The highest BCUT2D eigenvalue weighted by Crippen LogP contribution is 2.41. The molecule has 3 rings (SSSR count). The number of benzene rings is 1. The van der Waals surface area contributed by atoms with Crippen molar-refractivity contribution >= 4 is 0 Å². The Morgan fingerprint density at radius 2 is 1.89 bits per heavy atom. The first-order chi connectivity index (χ1) is 8.72. The van der Waals surface area contributed by atoms with E-state index in [0.717, 1.165) is 12.6 Å². The van der Waals surface area contributed by atoms with Crippen molar-refractivity contribution in [3.05, 3.63) is 35.4 Å². The maximum Gasteiger partial charge on any atom is 0.0456 e. The van der Waals surface area contributed by atoms with Crippen molar-refractivity contribution in [2.45, 2.75) is 57.2 Å². The van der Waals surface area contributed by atoms with E-state index in [0.29, 0.717) is 12.0 Å². The van der Waals surface area contributed by atoms with E-state index in [-0.39, 0.29) is 6.04 Å². The van der Waals surface area contributed by atoms with Crippen molar-refractivity contribution in [1.29, 1.82) is 0 Å². The summed E-state index contributed by atoms with van der Waals surface area (Å²) in [6.45, 7) is 5.76. The molecule has 3 atom stereocenters. The molecule has 2 N–H and O–H groups in total. The Morgan fingerprint density at radius 3 is 2.50 bits per heavy atom. The van der Waals surface area contributed by atoms with E-state index in [2.05, 4.69) is 43.0 Å². The van der Waals surface area contributed by atoms with Gasteiger partial charge in [-0.25, -0.2) is 0 Å². The van der Waals surface area contributed by atoms with Crippen LogP contribution in [0.25, 0.3) is 0 Å². The Bertz CT molecular complexity index is 425. The number of hydrogen-bond acceptors (Lipinski definition) is 2. The zero-order valence-corrected chi connectivity index (χ0v) is 11.5. The van der Waals surface area contributed by atoms with E-state index in [1.165, 1.54) is 30.4 Å². The second-order valence-electron chi connectivity index (χ2n) is 5.92. The lowest BCUT2D eigenvalue weighted by Crippen LogP contribution is -2.47. The third-order valence-corrected chi connectivity index (χ3v) is 4.70. The van der Waals surface area contributed by atoms with Crippen LogP contribution in [0.4, 0.5) is 0 Å². The molecule has 18 heavy (non-hydrogen) atoms. The lowest BCUT2D eigenvalue weighted by molar-refractivity contribution is 0.146. The normalized spacial score (nSPS) is 31.4. The summed E-state index contributed by atoms with van der Waals surface area (Å²) in [5, 5.41) is 0. The van der Waals surface area contributed by atoms with Crippen LogP contribution in [0.3, 0.4) is 0 Å². The smallest absolute Gasteiger partial charge is 0.0456 e. The van der Waals surface area contributed by atoms with Gasteiger partial charge in [-0.15, -0.1) is 0 Å². The van der Waals surface area contributed by atoms with Crippen molar-refractivity contribution in [2.24, 2.45) is 5.73 Å². The van der Waals surface area contributed by atoms with Gasteiger partial charge in [0.05, 0.1) is 0 Å². The molecule has 0 saturated heterocycles. The molecule has 2 heteroatoms. The topological polar surface area (TPSA) is 29.3 Å². The number of nitrogens with two attached hydrogens (primary N) is 1. The van der Waals surface area contributed by atoms with Crippen LogP contribution in [0.5, 0.6) is 0 Å². The summed E-state index contributed by atoms with van der Waals surface area (Å²) >= 11 is 0. The van der Waals surface area contributed by atoms with Gasteiger partial charge < -0.3 is 5.73 Å². The quantitative estimate of drug-likeness (QED) is 0.885. The number of nitrogens with zero attached hydrogens (tertiary/aromatic N) is 1. The summed E-state index contributed by atoms with van der Waals surface area (Å²) in [6.07, 6.45) is 3.95. The number of fused-ring (bicyclic) bond motifs is 1. The zero-order chi connectivity index (χ0) is 12.7. The van der Waals surface area contributed by atoms with Crippen molar-refractivity contribution < 1.29 is 0 Å². The summed E-state index contributed by atoms with van der Waals surface area (Å²) in [5.74, 6) is 0.638. The summed E-state index contributed by atoms with van der Waals surface area (Å²) < 4.78 is 0. The second-order valence-corrected chi connectivity index (χ2v) is 5.92. The fraction of sp³-hybridized carbons (Fsp3) is 0.625. The zero-order valence-electron chi connectivity index (χ0n) is 11.5. The predicted molar refractivity (Wildman–Crippen MR) is 75.6 cm³/mol. The number of hydrogen-bond donors (Lipinski definition) is 1. The van der Waals surface area contributed by atoms with Crippen LogP contribution in [-0.2, 0) is 0 Å². The SMILES string of the molecule is CCN(C1CC1)C1CC(C)c2ccccc2C1N. The summed E-state index contributed by atoms with van der Waals surface area (Å²) in [6, 6.07) is 10.3. The summed E-state index contributed by atoms with van der Waals surface area (Å²) in [5.41, 5.74) is 9.39. The van der Waals surface area contributed by atoms with Crippen LogP contribution in [0.2, 0.25) is 0 Å². The first-order valence-electron chi connectivity index (χ1n) is 7.32. The molecule has 0 aliphatic heterocycles. The molecule has 0 heterocycles. The summed E-state index contributed by atoms with van der Waals surface area (Å²) in [7, 11) is 0. The summed E-state index contributed by atoms with van der Waals surface area (Å²) in [4.78, 5) is 2.65. The highest BCUT2D eigenvalue weighted by atomic mass is 15.2. The molecule has 1 fully saturated rings. The minimum atomic E-state index is 0.193. The van der Waals surface area contributed by atoms with Crippen molar-refractivity contribution in [3.63, 3.8) is 0 Å². The number of likely N-dealkylation sites (N-methyl/N-ethyl adjacent to an activating group) is 1. The minimum Gasteiger partial charge on any atom is -0.323 e. The highest BCUT2D eigenvalue weighted by molar-refractivity contribution is 5.36. The van der Waals surface area contributed by atoms with Crippen LogP contribution in [-0.4, -0.2) is 23.5 Å². The third kappa shape index (κ3) is 1.98. The van der Waals surface area contributed by atoms with Gasteiger partial charge in [0.1, 0.15) is 0 Å². The molecule has 1 saturated carbocycles. The van der Waals surface area contributed by atoms with Gasteiger partial charge in [0.2, 0.25) is 0 Å². The van der Waals surface area contributed by atoms with Crippen molar-refractivity contribution in [2.75, 3.05) is 6.54 Å². The molecule has 2 aliphatic carbocycles. The third-order valence-electron chi connectivity index (χ3n) is 4.70. The van der Waals surface area contributed by atoms with Gasteiger partial charge in [-0.05, 0) is 42.9 Å². The van der Waals surface area contributed by atoms with Crippen LogP contribution < -0.4 is 5.73 Å². The number of rotatable bonds is 3. The maximum atomic E-state index is 6.55. The van der Waals surface area contributed by atoms with Crippen LogP contribution >= 0.6 is 0 Å². The second kappa shape index (κ2) is 4.67. The van der Waals surface area contributed by atoms with Crippen molar-refractivity contribution in [3.8, 4) is 0 Å². The first-order valence-corrected chi connectivity index (χ1v) is 7.32. The Morgan fingerprint density at radius 1 is 1.22 bits per heavy atom. The fourth-order valence-corrected chi connectivity index (χ4v) is 3.62. The standard InChI is InChI=1S/C16H24N2/c1-3-18(12-8-9-12)15-10-11(2)13-6-4-5-7-14(13)16(15)17/h4-7,11-12,15-16H,3,8-10,17H2,1-2H3. The molecule has 0 bridgehead atoms. The molecule has 98 valence electrons. The van der Waals surface area contributed by atoms with Gasteiger partial charge in [0, 0.05) is 18.1 Å². The van der Waals surface area contributed by atoms with E-state index in [1.54, 1.807) is 0 Å². The van der Waals surface area contributed by atoms with E-state index in [4.69, 9.17) is 5.73 Å². The van der Waals surface area contributed by atoms with Crippen LogP contribution in [0.1, 0.15) is 56.2 Å². The van der Waals surface area contributed by atoms with Gasteiger partial charge in [0.25, 0.3) is 0 Å². The molecule has 2 nitrogen and oxygen atoms in total. The van der Waals surface area contributed by atoms with Gasteiger partial charge in [-0.1, -0.05) is 38.1 Å². The van der Waals surface area contributed by atoms with Gasteiger partial charge in [-0.3, -0.25) is 4.90 Å². The average Bonchev–Trinajstić information content (AvgIpc) is 3.21. The lowest BCUT2D eigenvalue weighted by Gasteiger charge is -2.41. The fourth-order valence-electron chi connectivity index (χ4n) is 3.62. The van der Waals surface area contributed by atoms with E-state index in [1.807, 2.05) is 0 Å². The van der Waals surface area contributed by atoms with Gasteiger partial charge in [0.15, 0.2) is 0 Å². The van der Waals surface area contributed by atoms with Crippen LogP contribution in [0.15, 0.2) is 24.3 Å². The molecule has 0 spiro atoms. The van der Waals surface area contributed by atoms with Gasteiger partial charge >= 0.3 is 0 Å². The molecule has 1 aromatic carbocycles. The molecule has 0 amide bonds. The lowest BCUT2D eigenvalue weighted by atomic mass is 9.77. The maximum absolute atomic E-state index is 6.55. The molecule has 2 aliphatic rings. The average molecular weight is 244 g/mol. The Kier molecular flexibility index (Phi) is 3.16. The van der Waals surface area contributed by atoms with Gasteiger partial charge in [-0.2, -0.15) is 0 Å². The van der Waals surface area contributed by atoms with E-state index < -0.39 is 0 Å². The molecule has 3 unspecified atom stereocenters. The van der Waals surface area contributed by atoms with Crippen molar-refractivity contribution in [1.82, 2.24) is 4.90 Å². The molecular formula is C16H24N2. The highest BCUT2D eigenvalue weighted by Gasteiger charge is 2.39. The monoisotopic (exact) mass is 244 g/mol.